The minimum Gasteiger partial charge on any atom is -0.349 e. The van der Waals surface area contributed by atoms with Gasteiger partial charge in [0.1, 0.15) is 0 Å². The second-order valence-corrected chi connectivity index (χ2v) is 8.14. The molecular formula is C23H20ClF3N4O2. The van der Waals surface area contributed by atoms with Crippen molar-refractivity contribution in [2.75, 3.05) is 13.1 Å². The molecule has 0 spiro atoms. The van der Waals surface area contributed by atoms with Crippen LogP contribution in [0, 0.1) is 0 Å². The summed E-state index contributed by atoms with van der Waals surface area (Å²) >= 11 is 5.91. The molecule has 6 nitrogen and oxygen atoms in total. The van der Waals surface area contributed by atoms with Gasteiger partial charge in [-0.3, -0.25) is 9.59 Å². The highest BCUT2D eigenvalue weighted by atomic mass is 35.5. The van der Waals surface area contributed by atoms with Crippen LogP contribution < -0.4 is 5.32 Å². The Morgan fingerprint density at radius 2 is 1.73 bits per heavy atom. The van der Waals surface area contributed by atoms with Gasteiger partial charge < -0.3 is 10.2 Å². The van der Waals surface area contributed by atoms with Crippen LogP contribution in [0.25, 0.3) is 5.69 Å². The maximum absolute atomic E-state index is 13.9. The molecule has 0 radical (unpaired) electrons. The normalized spacial score (nSPS) is 14.8. The van der Waals surface area contributed by atoms with E-state index in [1.54, 1.807) is 24.3 Å². The Morgan fingerprint density at radius 1 is 1.03 bits per heavy atom. The van der Waals surface area contributed by atoms with E-state index < -0.39 is 23.3 Å². The Kier molecular flexibility index (Phi) is 6.42. The third-order valence-electron chi connectivity index (χ3n) is 5.47. The van der Waals surface area contributed by atoms with E-state index in [2.05, 4.69) is 10.4 Å². The van der Waals surface area contributed by atoms with Gasteiger partial charge in [0.2, 0.25) is 0 Å². The fraction of sp³-hybridized carbons (Fsp3) is 0.261. The average Bonchev–Trinajstić information content (AvgIpc) is 3.26. The molecule has 172 valence electrons. The van der Waals surface area contributed by atoms with E-state index in [9.17, 15) is 22.8 Å². The van der Waals surface area contributed by atoms with Crippen LogP contribution in [-0.4, -0.2) is 45.6 Å². The van der Waals surface area contributed by atoms with Gasteiger partial charge in [0, 0.05) is 29.7 Å². The largest absolute Gasteiger partial charge is 0.434 e. The number of nitrogens with one attached hydrogen (secondary N) is 1. The first-order valence-corrected chi connectivity index (χ1v) is 10.7. The van der Waals surface area contributed by atoms with Crippen LogP contribution in [0.4, 0.5) is 13.2 Å². The van der Waals surface area contributed by atoms with Gasteiger partial charge in [0.15, 0.2) is 5.69 Å². The van der Waals surface area contributed by atoms with Crippen molar-refractivity contribution in [2.24, 2.45) is 0 Å². The first kappa shape index (κ1) is 22.8. The molecule has 1 aliphatic heterocycles. The number of rotatable bonds is 4. The van der Waals surface area contributed by atoms with Crippen LogP contribution in [0.5, 0.6) is 0 Å². The number of amides is 2. The van der Waals surface area contributed by atoms with Crippen molar-refractivity contribution in [3.05, 3.63) is 82.6 Å². The Balaban J connectivity index is 1.48. The van der Waals surface area contributed by atoms with Crippen molar-refractivity contribution in [1.82, 2.24) is 20.0 Å². The number of aromatic nitrogens is 2. The molecule has 0 aliphatic carbocycles. The van der Waals surface area contributed by atoms with E-state index in [1.807, 2.05) is 6.07 Å². The molecule has 1 N–H and O–H groups in total. The second-order valence-electron chi connectivity index (χ2n) is 7.70. The van der Waals surface area contributed by atoms with Crippen LogP contribution in [0.3, 0.4) is 0 Å². The number of halogens is 4. The summed E-state index contributed by atoms with van der Waals surface area (Å²) in [5.74, 6) is -0.967. The summed E-state index contributed by atoms with van der Waals surface area (Å²) in [4.78, 5) is 26.7. The first-order valence-electron chi connectivity index (χ1n) is 10.3. The van der Waals surface area contributed by atoms with Gasteiger partial charge in [-0.2, -0.15) is 18.3 Å². The zero-order valence-corrected chi connectivity index (χ0v) is 18.1. The Hall–Kier alpha value is -3.33. The lowest BCUT2D eigenvalue weighted by Crippen LogP contribution is -2.46. The number of hydrogen-bond acceptors (Lipinski definition) is 3. The predicted molar refractivity (Wildman–Crippen MR) is 116 cm³/mol. The average molecular weight is 477 g/mol. The molecule has 2 amide bonds. The molecule has 0 bridgehead atoms. The minimum absolute atomic E-state index is 0.108. The molecule has 1 saturated heterocycles. The summed E-state index contributed by atoms with van der Waals surface area (Å²) in [7, 11) is 0. The molecule has 0 atom stereocenters. The van der Waals surface area contributed by atoms with Crippen molar-refractivity contribution in [3.8, 4) is 5.69 Å². The van der Waals surface area contributed by atoms with Crippen LogP contribution in [0.15, 0.2) is 60.8 Å². The second kappa shape index (κ2) is 9.27. The van der Waals surface area contributed by atoms with E-state index in [4.69, 9.17) is 11.6 Å². The van der Waals surface area contributed by atoms with E-state index >= 15 is 0 Å². The van der Waals surface area contributed by atoms with Gasteiger partial charge in [-0.1, -0.05) is 35.9 Å². The molecule has 2 aromatic carbocycles. The highest BCUT2D eigenvalue weighted by Gasteiger charge is 2.42. The lowest BCUT2D eigenvalue weighted by molar-refractivity contribution is -0.143. The molecule has 2 heterocycles. The smallest absolute Gasteiger partial charge is 0.349 e. The number of likely N-dealkylation sites (tertiary alicyclic amines) is 1. The number of benzene rings is 2. The predicted octanol–water partition coefficient (Wildman–Crippen LogP) is 4.58. The topological polar surface area (TPSA) is 67.2 Å². The van der Waals surface area contributed by atoms with Crippen molar-refractivity contribution >= 4 is 23.4 Å². The van der Waals surface area contributed by atoms with Gasteiger partial charge >= 0.3 is 6.18 Å². The maximum atomic E-state index is 13.9. The summed E-state index contributed by atoms with van der Waals surface area (Å²) in [6.07, 6.45) is -2.98. The van der Waals surface area contributed by atoms with Gasteiger partial charge in [0.05, 0.1) is 17.4 Å². The fourth-order valence-electron chi connectivity index (χ4n) is 3.84. The summed E-state index contributed by atoms with van der Waals surface area (Å²) in [5.41, 5.74) is -1.03. The summed E-state index contributed by atoms with van der Waals surface area (Å²) in [5, 5.41) is 7.00. The quantitative estimate of drug-likeness (QED) is 0.599. The standard InChI is InChI=1S/C23H20ClF3N4O2/c24-16-7-4-8-18(13-16)31-20(23(25,26)27)19(14-28-31)22(33)30-11-9-17(10-12-30)29-21(32)15-5-2-1-3-6-15/h1-8,13-14,17H,9-12H2,(H,29,32). The third-order valence-corrected chi connectivity index (χ3v) is 5.71. The highest BCUT2D eigenvalue weighted by molar-refractivity contribution is 6.30. The van der Waals surface area contributed by atoms with Crippen LogP contribution in [0.2, 0.25) is 5.02 Å². The molecule has 33 heavy (non-hydrogen) atoms. The Labute approximate surface area is 192 Å². The lowest BCUT2D eigenvalue weighted by atomic mass is 10.0. The minimum atomic E-state index is -4.80. The number of carbonyl (C=O) groups excluding carboxylic acids is 2. The molecule has 10 heteroatoms. The zero-order valence-electron chi connectivity index (χ0n) is 17.3. The fourth-order valence-corrected chi connectivity index (χ4v) is 4.02. The van der Waals surface area contributed by atoms with Crippen molar-refractivity contribution in [3.63, 3.8) is 0 Å². The van der Waals surface area contributed by atoms with E-state index in [1.165, 1.54) is 29.2 Å². The lowest BCUT2D eigenvalue weighted by Gasteiger charge is -2.32. The third kappa shape index (κ3) is 5.03. The van der Waals surface area contributed by atoms with Gasteiger partial charge in [-0.15, -0.1) is 0 Å². The Morgan fingerprint density at radius 3 is 2.36 bits per heavy atom. The van der Waals surface area contributed by atoms with Crippen molar-refractivity contribution < 1.29 is 22.8 Å². The molecule has 1 aliphatic rings. The number of piperidine rings is 1. The number of nitrogens with zero attached hydrogens (tertiary/aromatic N) is 3. The number of carbonyl (C=O) groups is 2. The summed E-state index contributed by atoms with van der Waals surface area (Å²) in [6.45, 7) is 0.441. The molecule has 0 saturated carbocycles. The van der Waals surface area contributed by atoms with E-state index in [0.717, 1.165) is 6.20 Å². The van der Waals surface area contributed by atoms with Gasteiger partial charge in [-0.05, 0) is 43.2 Å². The molecule has 4 rings (SSSR count). The highest BCUT2D eigenvalue weighted by Crippen LogP contribution is 2.35. The SMILES string of the molecule is O=C(NC1CCN(C(=O)c2cnn(-c3cccc(Cl)c3)c2C(F)(F)F)CC1)c1ccccc1. The van der Waals surface area contributed by atoms with Crippen LogP contribution >= 0.6 is 11.6 Å². The van der Waals surface area contributed by atoms with E-state index in [-0.39, 0.29) is 35.7 Å². The van der Waals surface area contributed by atoms with Crippen LogP contribution in [-0.2, 0) is 6.18 Å². The molecule has 3 aromatic rings. The van der Waals surface area contributed by atoms with Crippen molar-refractivity contribution in [2.45, 2.75) is 25.1 Å². The Bertz CT molecular complexity index is 1160. The zero-order chi connectivity index (χ0) is 23.6. The van der Waals surface area contributed by atoms with Gasteiger partial charge in [0.25, 0.3) is 11.8 Å². The first-order chi connectivity index (χ1) is 15.7. The van der Waals surface area contributed by atoms with E-state index in [0.29, 0.717) is 23.1 Å². The molecule has 1 aromatic heterocycles. The molecule has 0 unspecified atom stereocenters. The maximum Gasteiger partial charge on any atom is 0.434 e. The summed E-state index contributed by atoms with van der Waals surface area (Å²) in [6, 6.07) is 14.4. The monoisotopic (exact) mass is 476 g/mol. The van der Waals surface area contributed by atoms with Gasteiger partial charge in [-0.25, -0.2) is 4.68 Å². The number of alkyl halides is 3. The molecular weight excluding hydrogens is 457 g/mol. The molecule has 1 fully saturated rings. The number of hydrogen-bond donors (Lipinski definition) is 1. The summed E-state index contributed by atoms with van der Waals surface area (Å²) < 4.78 is 42.4. The van der Waals surface area contributed by atoms with Crippen molar-refractivity contribution in [1.29, 1.82) is 0 Å². The van der Waals surface area contributed by atoms with Crippen LogP contribution in [0.1, 0.15) is 39.3 Å².